The summed E-state index contributed by atoms with van der Waals surface area (Å²) in [5.41, 5.74) is 3.65. The normalized spacial score (nSPS) is 22.5. The number of thiophene rings is 1. The number of hydrogen-bond donors (Lipinski definition) is 0. The zero-order valence-corrected chi connectivity index (χ0v) is 18.1. The lowest BCUT2D eigenvalue weighted by Gasteiger charge is -2.25. The number of hydrogen-bond acceptors (Lipinski definition) is 5. The lowest BCUT2D eigenvalue weighted by molar-refractivity contribution is 0.0710. The monoisotopic (exact) mass is 419 g/mol. The molecule has 6 heteroatoms. The summed E-state index contributed by atoms with van der Waals surface area (Å²) >= 11 is 1.67. The largest absolute Gasteiger partial charge is 0.463 e. The average Bonchev–Trinajstić information content (AvgIpc) is 3.47. The van der Waals surface area contributed by atoms with Gasteiger partial charge in [0.15, 0.2) is 0 Å². The fourth-order valence-electron chi connectivity index (χ4n) is 5.00. The zero-order chi connectivity index (χ0) is 20.7. The molecule has 3 unspecified atom stereocenters. The summed E-state index contributed by atoms with van der Waals surface area (Å²) in [5, 5.41) is 2.05. The van der Waals surface area contributed by atoms with Crippen LogP contribution in [0, 0.1) is 19.8 Å². The number of carbonyl (C=O) groups excluding carboxylic acids is 1. The maximum atomic E-state index is 13.6. The number of ether oxygens (including phenoxy) is 1. The number of nitrogens with zero attached hydrogens (tertiary/aromatic N) is 3. The molecule has 2 aliphatic rings. The van der Waals surface area contributed by atoms with E-state index in [-0.39, 0.29) is 11.9 Å². The van der Waals surface area contributed by atoms with Crippen LogP contribution in [0.5, 0.6) is 6.01 Å². The molecule has 2 bridgehead atoms. The first-order valence-electron chi connectivity index (χ1n) is 10.5. The number of aromatic nitrogens is 2. The molecule has 30 heavy (non-hydrogen) atoms. The highest BCUT2D eigenvalue weighted by molar-refractivity contribution is 7.13. The van der Waals surface area contributed by atoms with Crippen LogP contribution in [0.1, 0.15) is 41.0 Å². The third kappa shape index (κ3) is 3.49. The van der Waals surface area contributed by atoms with Gasteiger partial charge in [0.1, 0.15) is 0 Å². The summed E-state index contributed by atoms with van der Waals surface area (Å²) < 4.78 is 5.96. The number of rotatable bonds is 5. The van der Waals surface area contributed by atoms with Crippen molar-refractivity contribution in [3.05, 3.63) is 64.8 Å². The second-order valence-electron chi connectivity index (χ2n) is 8.27. The first-order chi connectivity index (χ1) is 14.6. The van der Waals surface area contributed by atoms with Gasteiger partial charge in [-0.1, -0.05) is 24.3 Å². The molecular weight excluding hydrogens is 394 g/mol. The Bertz CT molecular complexity index is 1050. The van der Waals surface area contributed by atoms with Crippen LogP contribution in [-0.2, 0) is 0 Å². The molecule has 0 radical (unpaired) electrons. The third-order valence-corrected chi connectivity index (χ3v) is 7.14. The van der Waals surface area contributed by atoms with Crippen LogP contribution >= 0.6 is 11.3 Å². The molecule has 0 saturated carbocycles. The van der Waals surface area contributed by atoms with Crippen molar-refractivity contribution in [1.29, 1.82) is 0 Å². The van der Waals surface area contributed by atoms with Crippen molar-refractivity contribution >= 4 is 17.2 Å². The predicted molar refractivity (Wildman–Crippen MR) is 118 cm³/mol. The van der Waals surface area contributed by atoms with Gasteiger partial charge in [-0.3, -0.25) is 4.79 Å². The fraction of sp³-hybridized carbons (Fsp3) is 0.375. The molecule has 0 spiro atoms. The zero-order valence-electron chi connectivity index (χ0n) is 17.2. The van der Waals surface area contributed by atoms with Gasteiger partial charge in [-0.25, -0.2) is 9.97 Å². The number of carbonyl (C=O) groups is 1. The standard InChI is InChI=1S/C24H25N3O2S/c1-15-12-16(2)26-24(25-15)29-14-17-13-18-9-10-21(17)27(18)23(28)20-7-4-3-6-19(20)22-8-5-11-30-22/h3-8,11-12,17-18,21H,9-10,13-14H2,1-2H3. The van der Waals surface area contributed by atoms with Gasteiger partial charge in [-0.05, 0) is 56.7 Å². The summed E-state index contributed by atoms with van der Waals surface area (Å²) in [6, 6.07) is 15.0. The Morgan fingerprint density at radius 3 is 2.70 bits per heavy atom. The van der Waals surface area contributed by atoms with E-state index >= 15 is 0 Å². The van der Waals surface area contributed by atoms with Gasteiger partial charge in [-0.2, -0.15) is 0 Å². The molecule has 1 amide bonds. The maximum Gasteiger partial charge on any atom is 0.316 e. The van der Waals surface area contributed by atoms with Gasteiger partial charge in [0.25, 0.3) is 5.91 Å². The molecule has 2 fully saturated rings. The molecular formula is C24H25N3O2S. The van der Waals surface area contributed by atoms with Crippen molar-refractivity contribution in [3.8, 4) is 16.5 Å². The van der Waals surface area contributed by atoms with Gasteiger partial charge in [-0.15, -0.1) is 11.3 Å². The van der Waals surface area contributed by atoms with E-state index in [1.165, 1.54) is 0 Å². The van der Waals surface area contributed by atoms with E-state index in [0.717, 1.165) is 46.7 Å². The van der Waals surface area contributed by atoms with E-state index < -0.39 is 0 Å². The first-order valence-corrected chi connectivity index (χ1v) is 11.4. The molecule has 3 atom stereocenters. The Morgan fingerprint density at radius 1 is 1.13 bits per heavy atom. The summed E-state index contributed by atoms with van der Waals surface area (Å²) in [4.78, 5) is 25.6. The summed E-state index contributed by atoms with van der Waals surface area (Å²) in [6.07, 6.45) is 3.11. The van der Waals surface area contributed by atoms with Crippen molar-refractivity contribution in [1.82, 2.24) is 14.9 Å². The summed E-state index contributed by atoms with van der Waals surface area (Å²) in [5.74, 6) is 0.475. The smallest absolute Gasteiger partial charge is 0.316 e. The molecule has 0 N–H and O–H groups in total. The molecule has 0 aliphatic carbocycles. The highest BCUT2D eigenvalue weighted by atomic mass is 32.1. The Kier molecular flexibility index (Phi) is 5.03. The van der Waals surface area contributed by atoms with Crippen molar-refractivity contribution < 1.29 is 9.53 Å². The van der Waals surface area contributed by atoms with E-state index in [0.29, 0.717) is 24.6 Å². The van der Waals surface area contributed by atoms with Gasteiger partial charge in [0.05, 0.1) is 6.61 Å². The van der Waals surface area contributed by atoms with Crippen LogP contribution in [0.4, 0.5) is 0 Å². The third-order valence-electron chi connectivity index (χ3n) is 6.23. The highest BCUT2D eigenvalue weighted by Gasteiger charge is 2.49. The number of amides is 1. The van der Waals surface area contributed by atoms with E-state index in [2.05, 4.69) is 32.4 Å². The molecule has 5 nitrogen and oxygen atoms in total. The van der Waals surface area contributed by atoms with Crippen LogP contribution < -0.4 is 4.74 Å². The molecule has 3 aromatic rings. The van der Waals surface area contributed by atoms with Crippen molar-refractivity contribution in [3.63, 3.8) is 0 Å². The Balaban J connectivity index is 1.34. The minimum atomic E-state index is 0.150. The molecule has 4 heterocycles. The number of fused-ring (bicyclic) bond motifs is 2. The van der Waals surface area contributed by atoms with Gasteiger partial charge in [0, 0.05) is 45.4 Å². The Morgan fingerprint density at radius 2 is 1.93 bits per heavy atom. The van der Waals surface area contributed by atoms with Crippen molar-refractivity contribution in [2.24, 2.45) is 5.92 Å². The Labute approximate surface area is 180 Å². The molecule has 154 valence electrons. The van der Waals surface area contributed by atoms with E-state index in [4.69, 9.17) is 4.74 Å². The minimum Gasteiger partial charge on any atom is -0.463 e. The van der Waals surface area contributed by atoms with Gasteiger partial charge < -0.3 is 9.64 Å². The Hall–Kier alpha value is -2.73. The second-order valence-corrected chi connectivity index (χ2v) is 9.22. The maximum absolute atomic E-state index is 13.6. The SMILES string of the molecule is Cc1cc(C)nc(OCC2CC3CCC2N3C(=O)c2ccccc2-c2cccs2)n1. The second kappa shape index (κ2) is 7.84. The molecule has 2 aliphatic heterocycles. The summed E-state index contributed by atoms with van der Waals surface area (Å²) in [7, 11) is 0. The lowest BCUT2D eigenvalue weighted by Crippen LogP contribution is -2.37. The van der Waals surface area contributed by atoms with E-state index in [1.807, 2.05) is 44.2 Å². The van der Waals surface area contributed by atoms with Gasteiger partial charge in [0.2, 0.25) is 0 Å². The average molecular weight is 420 g/mol. The molecule has 5 rings (SSSR count). The lowest BCUT2D eigenvalue weighted by atomic mass is 9.90. The van der Waals surface area contributed by atoms with E-state index in [1.54, 1.807) is 11.3 Å². The van der Waals surface area contributed by atoms with Crippen LogP contribution in [0.3, 0.4) is 0 Å². The topological polar surface area (TPSA) is 55.3 Å². The highest BCUT2D eigenvalue weighted by Crippen LogP contribution is 2.43. The summed E-state index contributed by atoms with van der Waals surface area (Å²) in [6.45, 7) is 4.45. The molecule has 1 aromatic carbocycles. The first kappa shape index (κ1) is 19.2. The minimum absolute atomic E-state index is 0.150. The van der Waals surface area contributed by atoms with Crippen LogP contribution in [0.25, 0.3) is 10.4 Å². The van der Waals surface area contributed by atoms with Gasteiger partial charge >= 0.3 is 6.01 Å². The molecule has 2 aromatic heterocycles. The van der Waals surface area contributed by atoms with Crippen LogP contribution in [0.15, 0.2) is 47.8 Å². The van der Waals surface area contributed by atoms with Crippen molar-refractivity contribution in [2.75, 3.05) is 6.61 Å². The quantitative estimate of drug-likeness (QED) is 0.591. The number of benzene rings is 1. The van der Waals surface area contributed by atoms with Crippen molar-refractivity contribution in [2.45, 2.75) is 45.2 Å². The van der Waals surface area contributed by atoms with Crippen LogP contribution in [-0.4, -0.2) is 39.5 Å². The van der Waals surface area contributed by atoms with E-state index in [9.17, 15) is 4.79 Å². The van der Waals surface area contributed by atoms with Crippen LogP contribution in [0.2, 0.25) is 0 Å². The fourth-order valence-corrected chi connectivity index (χ4v) is 5.77. The molecule has 2 saturated heterocycles. The predicted octanol–water partition coefficient (Wildman–Crippen LogP) is 4.89. The number of aryl methyl sites for hydroxylation is 2.